The number of nitrogens with zero attached hydrogens (tertiary/aromatic N) is 1. The second-order valence-electron chi connectivity index (χ2n) is 5.44. The molecule has 4 heteroatoms. The Hall–Kier alpha value is -1.10. The fourth-order valence-corrected chi connectivity index (χ4v) is 2.58. The molecule has 20 heavy (non-hydrogen) atoms. The minimum absolute atomic E-state index is 0.292. The number of para-hydroxylation sites is 1. The quantitative estimate of drug-likeness (QED) is 0.807. The summed E-state index contributed by atoms with van der Waals surface area (Å²) in [7, 11) is 1.73. The van der Waals surface area contributed by atoms with E-state index in [-0.39, 0.29) is 0 Å². The Balaban J connectivity index is 2.06. The van der Waals surface area contributed by atoms with Gasteiger partial charge >= 0.3 is 0 Å². The summed E-state index contributed by atoms with van der Waals surface area (Å²) in [4.78, 5) is 2.46. The smallest absolute Gasteiger partial charge is 0.0723 e. The van der Waals surface area contributed by atoms with Crippen LogP contribution in [0.5, 0.6) is 0 Å². The molecule has 2 atom stereocenters. The fraction of sp³-hybridized carbons (Fsp3) is 0.625. The van der Waals surface area contributed by atoms with E-state index in [0.29, 0.717) is 12.1 Å². The van der Waals surface area contributed by atoms with Crippen LogP contribution in [0.25, 0.3) is 0 Å². The van der Waals surface area contributed by atoms with Crippen LogP contribution in [0.15, 0.2) is 24.3 Å². The lowest BCUT2D eigenvalue weighted by Crippen LogP contribution is -2.47. The molecule has 1 heterocycles. The number of ether oxygens (including phenoxy) is 2. The predicted molar refractivity (Wildman–Crippen MR) is 82.2 cm³/mol. The first-order valence-electron chi connectivity index (χ1n) is 7.38. The first kappa shape index (κ1) is 15.3. The van der Waals surface area contributed by atoms with Crippen molar-refractivity contribution in [1.82, 2.24) is 5.32 Å². The van der Waals surface area contributed by atoms with E-state index in [2.05, 4.69) is 48.3 Å². The van der Waals surface area contributed by atoms with Crippen molar-refractivity contribution in [3.8, 4) is 0 Å². The highest BCUT2D eigenvalue weighted by Crippen LogP contribution is 2.25. The number of anilines is 1. The first-order chi connectivity index (χ1) is 9.72. The maximum atomic E-state index is 5.72. The van der Waals surface area contributed by atoms with Gasteiger partial charge in [-0.3, -0.25) is 0 Å². The van der Waals surface area contributed by atoms with Crippen LogP contribution in [0.4, 0.5) is 5.69 Å². The number of morpholine rings is 1. The average Bonchev–Trinajstić information content (AvgIpc) is 2.47. The van der Waals surface area contributed by atoms with Gasteiger partial charge in [0.15, 0.2) is 0 Å². The predicted octanol–water partition coefficient (Wildman–Crippen LogP) is 2.04. The van der Waals surface area contributed by atoms with Gasteiger partial charge in [-0.25, -0.2) is 0 Å². The highest BCUT2D eigenvalue weighted by atomic mass is 16.5. The van der Waals surface area contributed by atoms with Crippen LogP contribution in [-0.4, -0.2) is 45.6 Å². The summed E-state index contributed by atoms with van der Waals surface area (Å²) in [5.74, 6) is 0. The Morgan fingerprint density at radius 3 is 2.95 bits per heavy atom. The first-order valence-corrected chi connectivity index (χ1v) is 7.38. The molecule has 0 saturated carbocycles. The molecule has 0 spiro atoms. The third-order valence-electron chi connectivity index (χ3n) is 3.71. The Morgan fingerprint density at radius 1 is 1.35 bits per heavy atom. The lowest BCUT2D eigenvalue weighted by atomic mass is 10.1. The maximum Gasteiger partial charge on any atom is 0.0723 e. The molecular formula is C16H26N2O2. The monoisotopic (exact) mass is 278 g/mol. The summed E-state index contributed by atoms with van der Waals surface area (Å²) in [6.45, 7) is 8.60. The number of hydrogen-bond acceptors (Lipinski definition) is 4. The van der Waals surface area contributed by atoms with Crippen LogP contribution in [0.1, 0.15) is 19.4 Å². The van der Waals surface area contributed by atoms with Gasteiger partial charge in [0.2, 0.25) is 0 Å². The molecule has 0 bridgehead atoms. The number of benzene rings is 1. The van der Waals surface area contributed by atoms with Crippen molar-refractivity contribution in [2.75, 3.05) is 38.3 Å². The normalized spacial score (nSPS) is 23.1. The number of methoxy groups -OCH3 is 1. The lowest BCUT2D eigenvalue weighted by molar-refractivity contribution is 0.0343. The van der Waals surface area contributed by atoms with Gasteiger partial charge < -0.3 is 19.7 Å². The van der Waals surface area contributed by atoms with Gasteiger partial charge in [0, 0.05) is 38.5 Å². The summed E-state index contributed by atoms with van der Waals surface area (Å²) in [5, 5.41) is 3.43. The van der Waals surface area contributed by atoms with Crippen molar-refractivity contribution >= 4 is 5.69 Å². The summed E-state index contributed by atoms with van der Waals surface area (Å²) in [5.41, 5.74) is 2.66. The van der Waals surface area contributed by atoms with Gasteiger partial charge in [0.05, 0.1) is 19.3 Å². The van der Waals surface area contributed by atoms with Crippen molar-refractivity contribution in [3.63, 3.8) is 0 Å². The van der Waals surface area contributed by atoms with E-state index in [1.54, 1.807) is 7.11 Å². The van der Waals surface area contributed by atoms with E-state index in [1.807, 2.05) is 0 Å². The van der Waals surface area contributed by atoms with Crippen LogP contribution in [-0.2, 0) is 16.0 Å². The van der Waals surface area contributed by atoms with Gasteiger partial charge in [-0.1, -0.05) is 18.2 Å². The molecule has 112 valence electrons. The Morgan fingerprint density at radius 2 is 2.15 bits per heavy atom. The molecule has 2 rings (SSSR count). The fourth-order valence-electron chi connectivity index (χ4n) is 2.58. The van der Waals surface area contributed by atoms with E-state index in [4.69, 9.17) is 9.47 Å². The van der Waals surface area contributed by atoms with Gasteiger partial charge in [0.25, 0.3) is 0 Å². The molecule has 1 aliphatic heterocycles. The molecule has 1 fully saturated rings. The summed E-state index contributed by atoms with van der Waals surface area (Å²) in [6, 6.07) is 9.04. The third-order valence-corrected chi connectivity index (χ3v) is 3.71. The lowest BCUT2D eigenvalue weighted by Gasteiger charge is -2.39. The van der Waals surface area contributed by atoms with Crippen molar-refractivity contribution in [1.29, 1.82) is 0 Å². The number of rotatable bonds is 6. The summed E-state index contributed by atoms with van der Waals surface area (Å²) < 4.78 is 10.8. The van der Waals surface area contributed by atoms with Gasteiger partial charge in [-0.2, -0.15) is 0 Å². The minimum atomic E-state index is 0.292. The van der Waals surface area contributed by atoms with Gasteiger partial charge in [-0.15, -0.1) is 0 Å². The summed E-state index contributed by atoms with van der Waals surface area (Å²) >= 11 is 0. The standard InChI is InChI=1S/C16H26N2O2/c1-13-12-20-14(2)11-18(13)16-7-5-4-6-15(16)10-17-8-9-19-3/h4-7,13-14,17H,8-12H2,1-3H3. The van der Waals surface area contributed by atoms with Gasteiger partial charge in [-0.05, 0) is 25.5 Å². The molecule has 1 aromatic rings. The van der Waals surface area contributed by atoms with E-state index in [9.17, 15) is 0 Å². The van der Waals surface area contributed by atoms with Crippen LogP contribution in [0.3, 0.4) is 0 Å². The van der Waals surface area contributed by atoms with Crippen molar-refractivity contribution in [2.45, 2.75) is 32.5 Å². The Bertz CT molecular complexity index is 411. The van der Waals surface area contributed by atoms with Crippen molar-refractivity contribution < 1.29 is 9.47 Å². The molecule has 1 aromatic carbocycles. The Labute approximate surface area is 122 Å². The Kier molecular flexibility index (Phi) is 5.83. The molecule has 1 saturated heterocycles. The molecule has 4 nitrogen and oxygen atoms in total. The zero-order valence-corrected chi connectivity index (χ0v) is 12.8. The van der Waals surface area contributed by atoms with Crippen LogP contribution in [0, 0.1) is 0 Å². The maximum absolute atomic E-state index is 5.72. The van der Waals surface area contributed by atoms with Gasteiger partial charge in [0.1, 0.15) is 0 Å². The van der Waals surface area contributed by atoms with E-state index in [0.717, 1.165) is 32.8 Å². The highest BCUT2D eigenvalue weighted by molar-refractivity contribution is 5.54. The molecule has 0 amide bonds. The van der Waals surface area contributed by atoms with E-state index >= 15 is 0 Å². The molecule has 2 unspecified atom stereocenters. The summed E-state index contributed by atoms with van der Waals surface area (Å²) in [6.07, 6.45) is 0.292. The minimum Gasteiger partial charge on any atom is -0.383 e. The topological polar surface area (TPSA) is 33.7 Å². The zero-order chi connectivity index (χ0) is 14.4. The third kappa shape index (κ3) is 3.95. The number of nitrogens with one attached hydrogen (secondary N) is 1. The highest BCUT2D eigenvalue weighted by Gasteiger charge is 2.24. The largest absolute Gasteiger partial charge is 0.383 e. The van der Waals surface area contributed by atoms with E-state index in [1.165, 1.54) is 11.3 Å². The molecule has 1 aliphatic rings. The van der Waals surface area contributed by atoms with Crippen LogP contribution < -0.4 is 10.2 Å². The van der Waals surface area contributed by atoms with E-state index < -0.39 is 0 Å². The van der Waals surface area contributed by atoms with Crippen LogP contribution >= 0.6 is 0 Å². The second-order valence-corrected chi connectivity index (χ2v) is 5.44. The van der Waals surface area contributed by atoms with Crippen LogP contribution in [0.2, 0.25) is 0 Å². The number of hydrogen-bond donors (Lipinski definition) is 1. The second kappa shape index (κ2) is 7.62. The SMILES string of the molecule is COCCNCc1ccccc1N1CC(C)OCC1C. The zero-order valence-electron chi connectivity index (χ0n) is 12.8. The molecule has 0 aliphatic carbocycles. The molecule has 0 radical (unpaired) electrons. The molecule has 1 N–H and O–H groups in total. The van der Waals surface area contributed by atoms with Crippen molar-refractivity contribution in [3.05, 3.63) is 29.8 Å². The molecular weight excluding hydrogens is 252 g/mol. The van der Waals surface area contributed by atoms with Crippen molar-refractivity contribution in [2.24, 2.45) is 0 Å². The average molecular weight is 278 g/mol. The molecule has 0 aromatic heterocycles.